The molecule has 0 bridgehead atoms. The van der Waals surface area contributed by atoms with E-state index >= 15 is 0 Å². The fourth-order valence-corrected chi connectivity index (χ4v) is 5.55. The van der Waals surface area contributed by atoms with Crippen molar-refractivity contribution in [2.75, 3.05) is 0 Å². The Kier molecular flexibility index (Phi) is 7.09. The fourth-order valence-electron chi connectivity index (χ4n) is 5.36. The molecule has 0 amide bonds. The normalized spacial score (nSPS) is 13.0. The minimum absolute atomic E-state index is 0.127. The van der Waals surface area contributed by atoms with Gasteiger partial charge in [-0.1, -0.05) is 54.1 Å². The highest BCUT2D eigenvalue weighted by Gasteiger charge is 2.37. The molecule has 3 aromatic carbocycles. The third kappa shape index (κ3) is 5.00. The summed E-state index contributed by atoms with van der Waals surface area (Å²) in [6, 6.07) is 26.5. The molecule has 0 aliphatic carbocycles. The van der Waals surface area contributed by atoms with E-state index in [9.17, 15) is 9.90 Å². The number of benzene rings is 3. The van der Waals surface area contributed by atoms with E-state index in [0.29, 0.717) is 34.9 Å². The number of aromatic nitrogens is 3. The van der Waals surface area contributed by atoms with Gasteiger partial charge in [0, 0.05) is 37.1 Å². The monoisotopic (exact) mass is 564 g/mol. The van der Waals surface area contributed by atoms with E-state index < -0.39 is 5.60 Å². The van der Waals surface area contributed by atoms with Gasteiger partial charge in [0.1, 0.15) is 5.76 Å². The number of halogens is 1. The zero-order chi connectivity index (χ0) is 28.6. The van der Waals surface area contributed by atoms with Crippen LogP contribution in [0.3, 0.4) is 0 Å². The number of imidazole rings is 1. The Bertz CT molecular complexity index is 1890. The van der Waals surface area contributed by atoms with Crippen LogP contribution >= 0.6 is 11.6 Å². The summed E-state index contributed by atoms with van der Waals surface area (Å²) in [6.07, 6.45) is 5.02. The summed E-state index contributed by atoms with van der Waals surface area (Å²) >= 11 is 6.31. The van der Waals surface area contributed by atoms with Crippen LogP contribution in [0, 0.1) is 0 Å². The molecule has 6 aromatic rings. The first-order valence-corrected chi connectivity index (χ1v) is 13.6. The van der Waals surface area contributed by atoms with Gasteiger partial charge in [0.05, 0.1) is 36.5 Å². The molecule has 3 aromatic heterocycles. The lowest BCUT2D eigenvalue weighted by molar-refractivity contribution is 0.117. The number of fused-ring (bicyclic) bond motifs is 1. The molecule has 3 heterocycles. The Labute approximate surface area is 242 Å². The maximum atomic E-state index is 12.9. The molecule has 206 valence electrons. The molecule has 0 saturated carbocycles. The quantitative estimate of drug-likeness (QED) is 0.245. The first kappa shape index (κ1) is 26.8. The van der Waals surface area contributed by atoms with Crippen LogP contribution in [0.1, 0.15) is 28.1 Å². The van der Waals surface area contributed by atoms with Crippen molar-refractivity contribution in [3.05, 3.63) is 147 Å². The van der Waals surface area contributed by atoms with E-state index in [1.165, 1.54) is 0 Å². The average Bonchev–Trinajstić information content (AvgIpc) is 3.67. The zero-order valence-electron chi connectivity index (χ0n) is 22.7. The first-order chi connectivity index (χ1) is 19.8. The Morgan fingerprint density at radius 3 is 2.46 bits per heavy atom. The second-order valence-corrected chi connectivity index (χ2v) is 10.6. The van der Waals surface area contributed by atoms with Crippen molar-refractivity contribution >= 4 is 22.5 Å². The number of aryl methyl sites for hydroxylation is 2. The van der Waals surface area contributed by atoms with Crippen molar-refractivity contribution in [3.8, 4) is 11.1 Å². The van der Waals surface area contributed by atoms with Gasteiger partial charge in [0.2, 0.25) is 0 Å². The van der Waals surface area contributed by atoms with E-state index in [1.807, 2.05) is 84.4 Å². The van der Waals surface area contributed by atoms with E-state index in [2.05, 4.69) is 10.3 Å². The predicted molar refractivity (Wildman–Crippen MR) is 161 cm³/mol. The zero-order valence-corrected chi connectivity index (χ0v) is 23.5. The Morgan fingerprint density at radius 1 is 0.951 bits per heavy atom. The molecule has 41 heavy (non-hydrogen) atoms. The lowest BCUT2D eigenvalue weighted by Gasteiger charge is -2.30. The van der Waals surface area contributed by atoms with E-state index in [1.54, 1.807) is 42.5 Å². The van der Waals surface area contributed by atoms with Gasteiger partial charge < -0.3 is 24.0 Å². The largest absolute Gasteiger partial charge is 0.468 e. The molecule has 0 spiro atoms. The number of nitrogens with one attached hydrogen (secondary N) is 1. The smallest absolute Gasteiger partial charge is 0.251 e. The number of hydrogen-bond acceptors (Lipinski definition) is 5. The van der Waals surface area contributed by atoms with Crippen LogP contribution < -0.4 is 10.9 Å². The van der Waals surface area contributed by atoms with Crippen molar-refractivity contribution in [1.29, 1.82) is 0 Å². The van der Waals surface area contributed by atoms with Gasteiger partial charge in [0.15, 0.2) is 5.60 Å². The molecule has 0 aliphatic rings. The summed E-state index contributed by atoms with van der Waals surface area (Å²) in [5.74, 6) is 0.873. The minimum atomic E-state index is -1.51. The number of rotatable bonds is 8. The molecule has 0 fully saturated rings. The van der Waals surface area contributed by atoms with Crippen molar-refractivity contribution in [3.63, 3.8) is 0 Å². The maximum absolute atomic E-state index is 12.9. The third-order valence-corrected chi connectivity index (χ3v) is 7.80. The van der Waals surface area contributed by atoms with Crippen LogP contribution in [-0.4, -0.2) is 19.2 Å². The highest BCUT2D eigenvalue weighted by atomic mass is 35.5. The van der Waals surface area contributed by atoms with E-state index in [0.717, 1.165) is 33.4 Å². The topological polar surface area (TPSA) is 85.2 Å². The van der Waals surface area contributed by atoms with Crippen LogP contribution in [0.2, 0.25) is 5.02 Å². The maximum Gasteiger partial charge on any atom is 0.251 e. The lowest BCUT2D eigenvalue weighted by Crippen LogP contribution is -2.31. The van der Waals surface area contributed by atoms with Crippen LogP contribution in [0.15, 0.2) is 113 Å². The fraction of sp³-hybridized carbons (Fsp3) is 0.152. The number of aliphatic hydroxyl groups is 1. The molecular weight excluding hydrogens is 536 g/mol. The lowest BCUT2D eigenvalue weighted by atomic mass is 9.82. The molecule has 0 saturated heterocycles. The van der Waals surface area contributed by atoms with Gasteiger partial charge in [-0.2, -0.15) is 0 Å². The van der Waals surface area contributed by atoms with E-state index in [4.69, 9.17) is 16.0 Å². The van der Waals surface area contributed by atoms with Gasteiger partial charge in [-0.25, -0.2) is 4.98 Å². The van der Waals surface area contributed by atoms with Crippen LogP contribution in [0.25, 0.3) is 22.0 Å². The molecule has 2 N–H and O–H groups in total. The Morgan fingerprint density at radius 2 is 1.76 bits per heavy atom. The molecule has 1 atom stereocenters. The number of pyridine rings is 1. The molecule has 0 radical (unpaired) electrons. The SMILES string of the molecule is Cn1cncc1C(O)(c1ccc(CNCc2ccco2)cc1)c1ccc2c(c1)c(-c1cccc(Cl)c1)cc(=O)n2C. The summed E-state index contributed by atoms with van der Waals surface area (Å²) in [7, 11) is 3.61. The molecule has 8 heteroatoms. The van der Waals surface area contributed by atoms with Crippen molar-refractivity contribution < 1.29 is 9.52 Å². The second-order valence-electron chi connectivity index (χ2n) is 10.2. The third-order valence-electron chi connectivity index (χ3n) is 7.57. The highest BCUT2D eigenvalue weighted by molar-refractivity contribution is 6.30. The summed E-state index contributed by atoms with van der Waals surface area (Å²) in [5, 5.41) is 17.4. The molecule has 6 rings (SSSR count). The van der Waals surface area contributed by atoms with Gasteiger partial charge in [-0.3, -0.25) is 4.79 Å². The van der Waals surface area contributed by atoms with Gasteiger partial charge in [-0.05, 0) is 64.2 Å². The van der Waals surface area contributed by atoms with Crippen LogP contribution in [0.5, 0.6) is 0 Å². The van der Waals surface area contributed by atoms with Gasteiger partial charge >= 0.3 is 0 Å². The predicted octanol–water partition coefficient (Wildman–Crippen LogP) is 5.76. The van der Waals surface area contributed by atoms with Crippen molar-refractivity contribution in [2.45, 2.75) is 18.7 Å². The molecule has 1 unspecified atom stereocenters. The summed E-state index contributed by atoms with van der Waals surface area (Å²) in [4.78, 5) is 17.2. The van der Waals surface area contributed by atoms with Crippen molar-refractivity contribution in [2.24, 2.45) is 14.1 Å². The summed E-state index contributed by atoms with van der Waals surface area (Å²) in [6.45, 7) is 1.28. The Hall–Kier alpha value is -4.43. The average molecular weight is 565 g/mol. The van der Waals surface area contributed by atoms with Crippen molar-refractivity contribution in [1.82, 2.24) is 19.4 Å². The highest BCUT2D eigenvalue weighted by Crippen LogP contribution is 2.39. The summed E-state index contributed by atoms with van der Waals surface area (Å²) < 4.78 is 8.83. The van der Waals surface area contributed by atoms with Crippen LogP contribution in [0.4, 0.5) is 0 Å². The molecule has 0 aliphatic heterocycles. The summed E-state index contributed by atoms with van der Waals surface area (Å²) in [5.41, 5.74) is 3.73. The van der Waals surface area contributed by atoms with Gasteiger partial charge in [0.25, 0.3) is 5.56 Å². The first-order valence-electron chi connectivity index (χ1n) is 13.3. The number of furan rings is 1. The minimum Gasteiger partial charge on any atom is -0.468 e. The molecule has 7 nitrogen and oxygen atoms in total. The van der Waals surface area contributed by atoms with Crippen LogP contribution in [-0.2, 0) is 32.8 Å². The molecular formula is C33H29ClN4O3. The standard InChI is InChI=1S/C33H29ClN4O3/c1-37-21-36-20-31(37)33(40,24-10-8-22(9-11-24)18-35-19-27-7-4-14-41-27)25-12-13-30-29(16-25)28(17-32(39)38(30)2)23-5-3-6-26(34)15-23/h3-17,20-21,35,40H,18-19H2,1-2H3. The van der Waals surface area contributed by atoms with E-state index in [-0.39, 0.29) is 5.56 Å². The second kappa shape index (κ2) is 10.9. The van der Waals surface area contributed by atoms with Gasteiger partial charge in [-0.15, -0.1) is 0 Å². The Balaban J connectivity index is 1.45. The number of nitrogens with zero attached hydrogens (tertiary/aromatic N) is 3. The number of hydrogen-bond donors (Lipinski definition) is 2.